The van der Waals surface area contributed by atoms with Gasteiger partial charge in [-0.05, 0) is 6.92 Å². The van der Waals surface area contributed by atoms with E-state index in [4.69, 9.17) is 0 Å². The molecule has 0 unspecified atom stereocenters. The number of nitrogens with one attached hydrogen (secondary N) is 1. The van der Waals surface area contributed by atoms with Crippen LogP contribution in [0.3, 0.4) is 0 Å². The van der Waals surface area contributed by atoms with Crippen molar-refractivity contribution in [3.8, 4) is 0 Å². The van der Waals surface area contributed by atoms with Gasteiger partial charge in [-0.2, -0.15) is 0 Å². The molecule has 0 aromatic heterocycles. The second kappa shape index (κ2) is 3.12. The highest BCUT2D eigenvalue weighted by Crippen LogP contribution is 1.94. The number of amides is 2. The molecule has 0 saturated carbocycles. The van der Waals surface area contributed by atoms with Gasteiger partial charge in [-0.1, -0.05) is 6.58 Å². The Kier molecular flexibility index (Phi) is 2.78. The summed E-state index contributed by atoms with van der Waals surface area (Å²) in [7, 11) is 3.25. The topological polar surface area (TPSA) is 32.3 Å². The van der Waals surface area contributed by atoms with Crippen molar-refractivity contribution in [3.05, 3.63) is 12.3 Å². The fraction of sp³-hybridized carbons (Fsp3) is 0.500. The summed E-state index contributed by atoms with van der Waals surface area (Å²) in [5, 5.41) is 2.47. The molecule has 0 radical (unpaired) electrons. The Hall–Kier alpha value is -0.990. The summed E-state index contributed by atoms with van der Waals surface area (Å²) in [5.41, 5.74) is 0.731. The lowest BCUT2D eigenvalue weighted by molar-refractivity contribution is 0.221. The predicted octanol–water partition coefficient (Wildman–Crippen LogP) is 0.791. The van der Waals surface area contributed by atoms with Gasteiger partial charge in [-0.15, -0.1) is 0 Å². The molecule has 0 atom stereocenters. The van der Waals surface area contributed by atoms with Crippen LogP contribution in [-0.4, -0.2) is 25.0 Å². The monoisotopic (exact) mass is 128 g/mol. The maximum atomic E-state index is 10.7. The molecule has 2 amide bonds. The fourth-order valence-electron chi connectivity index (χ4n) is 0.341. The summed E-state index contributed by atoms with van der Waals surface area (Å²) in [6.45, 7) is 5.36. The second-order valence-corrected chi connectivity index (χ2v) is 1.85. The Morgan fingerprint density at radius 3 is 2.22 bits per heavy atom. The largest absolute Gasteiger partial charge is 0.341 e. The standard InChI is InChI=1S/C6H12N2O/c1-5(2)8(4)6(9)7-3/h1H2,2-4H3,(H,7,9). The molecule has 0 aliphatic rings. The minimum atomic E-state index is -0.137. The van der Waals surface area contributed by atoms with E-state index < -0.39 is 0 Å². The van der Waals surface area contributed by atoms with Crippen LogP contribution in [0.1, 0.15) is 6.92 Å². The van der Waals surface area contributed by atoms with E-state index in [0.717, 1.165) is 5.70 Å². The molecule has 0 aliphatic carbocycles. The molecule has 0 saturated heterocycles. The first-order valence-corrected chi connectivity index (χ1v) is 2.70. The van der Waals surface area contributed by atoms with Gasteiger partial charge in [0, 0.05) is 19.8 Å². The van der Waals surface area contributed by atoms with Crippen LogP contribution in [0.15, 0.2) is 12.3 Å². The molecule has 0 fully saturated rings. The van der Waals surface area contributed by atoms with Gasteiger partial charge in [0.05, 0.1) is 0 Å². The number of rotatable bonds is 1. The van der Waals surface area contributed by atoms with Gasteiger partial charge in [0.1, 0.15) is 0 Å². The van der Waals surface area contributed by atoms with Crippen molar-refractivity contribution < 1.29 is 4.79 Å². The summed E-state index contributed by atoms with van der Waals surface area (Å²) in [4.78, 5) is 12.2. The third kappa shape index (κ3) is 2.17. The number of carbonyl (C=O) groups is 1. The lowest BCUT2D eigenvalue weighted by atomic mass is 10.5. The zero-order valence-electron chi connectivity index (χ0n) is 6.06. The van der Waals surface area contributed by atoms with E-state index in [-0.39, 0.29) is 6.03 Å². The van der Waals surface area contributed by atoms with Crippen molar-refractivity contribution in [1.82, 2.24) is 10.2 Å². The molecule has 0 bridgehead atoms. The third-order valence-electron chi connectivity index (χ3n) is 1.09. The number of nitrogens with zero attached hydrogens (tertiary/aromatic N) is 1. The van der Waals surface area contributed by atoms with E-state index in [1.807, 2.05) is 0 Å². The van der Waals surface area contributed by atoms with Crippen molar-refractivity contribution in [1.29, 1.82) is 0 Å². The molecule has 3 nitrogen and oxygen atoms in total. The summed E-state index contributed by atoms with van der Waals surface area (Å²) < 4.78 is 0. The Bertz CT molecular complexity index is 131. The summed E-state index contributed by atoms with van der Waals surface area (Å²) in [5.74, 6) is 0. The zero-order chi connectivity index (χ0) is 7.44. The van der Waals surface area contributed by atoms with Gasteiger partial charge < -0.3 is 10.2 Å². The van der Waals surface area contributed by atoms with E-state index in [2.05, 4.69) is 11.9 Å². The fourth-order valence-corrected chi connectivity index (χ4v) is 0.341. The quantitative estimate of drug-likeness (QED) is 0.556. The van der Waals surface area contributed by atoms with Crippen molar-refractivity contribution in [2.75, 3.05) is 14.1 Å². The van der Waals surface area contributed by atoms with Gasteiger partial charge in [-0.3, -0.25) is 0 Å². The van der Waals surface area contributed by atoms with Crippen molar-refractivity contribution in [2.24, 2.45) is 0 Å². The Balaban J connectivity index is 3.88. The van der Waals surface area contributed by atoms with Crippen LogP contribution in [0.25, 0.3) is 0 Å². The molecule has 1 N–H and O–H groups in total. The smallest absolute Gasteiger partial charge is 0.321 e. The van der Waals surface area contributed by atoms with Gasteiger partial charge in [0.15, 0.2) is 0 Å². The molecule has 0 spiro atoms. The molecule has 0 aliphatic heterocycles. The van der Waals surface area contributed by atoms with Crippen LogP contribution in [0.2, 0.25) is 0 Å². The van der Waals surface area contributed by atoms with Crippen LogP contribution in [-0.2, 0) is 0 Å². The minimum absolute atomic E-state index is 0.137. The SMILES string of the molecule is C=C(C)N(C)C(=O)NC. The molecule has 52 valence electrons. The zero-order valence-corrected chi connectivity index (χ0v) is 6.06. The number of urea groups is 1. The van der Waals surface area contributed by atoms with E-state index >= 15 is 0 Å². The number of allylic oxidation sites excluding steroid dienone is 1. The highest BCUT2D eigenvalue weighted by molar-refractivity contribution is 5.75. The Morgan fingerprint density at radius 1 is 1.67 bits per heavy atom. The van der Waals surface area contributed by atoms with Crippen molar-refractivity contribution >= 4 is 6.03 Å². The Labute approximate surface area is 55.3 Å². The van der Waals surface area contributed by atoms with Crippen LogP contribution in [0.5, 0.6) is 0 Å². The van der Waals surface area contributed by atoms with E-state index in [0.29, 0.717) is 0 Å². The van der Waals surface area contributed by atoms with Crippen LogP contribution in [0.4, 0.5) is 4.79 Å². The van der Waals surface area contributed by atoms with Crippen molar-refractivity contribution in [3.63, 3.8) is 0 Å². The van der Waals surface area contributed by atoms with E-state index in [9.17, 15) is 4.79 Å². The molecule has 0 aromatic carbocycles. The maximum absolute atomic E-state index is 10.7. The summed E-state index contributed by atoms with van der Waals surface area (Å²) >= 11 is 0. The average Bonchev–Trinajstić information content (AvgIpc) is 1.84. The molecule has 9 heavy (non-hydrogen) atoms. The summed E-state index contributed by atoms with van der Waals surface area (Å²) in [6.07, 6.45) is 0. The maximum Gasteiger partial charge on any atom is 0.321 e. The first kappa shape index (κ1) is 8.01. The number of hydrogen-bond acceptors (Lipinski definition) is 1. The van der Waals surface area contributed by atoms with Gasteiger partial charge in [-0.25, -0.2) is 4.79 Å². The molecule has 0 rings (SSSR count). The summed E-state index contributed by atoms with van der Waals surface area (Å²) in [6, 6.07) is -0.137. The second-order valence-electron chi connectivity index (χ2n) is 1.85. The highest BCUT2D eigenvalue weighted by atomic mass is 16.2. The number of hydrogen-bond donors (Lipinski definition) is 1. The molecule has 0 aromatic rings. The normalized spacial score (nSPS) is 8.33. The predicted molar refractivity (Wildman–Crippen MR) is 37.0 cm³/mol. The lowest BCUT2D eigenvalue weighted by Gasteiger charge is -2.14. The highest BCUT2D eigenvalue weighted by Gasteiger charge is 2.03. The lowest BCUT2D eigenvalue weighted by Crippen LogP contribution is -2.33. The van der Waals surface area contributed by atoms with Crippen molar-refractivity contribution in [2.45, 2.75) is 6.92 Å². The van der Waals surface area contributed by atoms with Gasteiger partial charge in [0.25, 0.3) is 0 Å². The minimum Gasteiger partial charge on any atom is -0.341 e. The Morgan fingerprint density at radius 2 is 2.11 bits per heavy atom. The van der Waals surface area contributed by atoms with Crippen LogP contribution in [0, 0.1) is 0 Å². The molecule has 3 heteroatoms. The van der Waals surface area contributed by atoms with Crippen LogP contribution < -0.4 is 5.32 Å². The first-order valence-electron chi connectivity index (χ1n) is 2.70. The van der Waals surface area contributed by atoms with Gasteiger partial charge >= 0.3 is 6.03 Å². The number of carbonyl (C=O) groups excluding carboxylic acids is 1. The van der Waals surface area contributed by atoms with Gasteiger partial charge in [0.2, 0.25) is 0 Å². The average molecular weight is 128 g/mol. The van der Waals surface area contributed by atoms with E-state index in [1.54, 1.807) is 21.0 Å². The van der Waals surface area contributed by atoms with E-state index in [1.165, 1.54) is 4.90 Å². The van der Waals surface area contributed by atoms with Crippen LogP contribution >= 0.6 is 0 Å². The molecular formula is C6H12N2O. The molecular weight excluding hydrogens is 116 g/mol. The molecule has 0 heterocycles. The third-order valence-corrected chi connectivity index (χ3v) is 1.09. The first-order chi connectivity index (χ1) is 4.09.